The van der Waals surface area contributed by atoms with E-state index >= 15 is 0 Å². The number of aromatic amines is 1. The van der Waals surface area contributed by atoms with Gasteiger partial charge in [0.2, 0.25) is 0 Å². The van der Waals surface area contributed by atoms with Crippen molar-refractivity contribution < 1.29 is 4.74 Å². The van der Waals surface area contributed by atoms with Gasteiger partial charge in [-0.15, -0.1) is 6.58 Å². The number of hydrogen-bond acceptors (Lipinski definition) is 3. The van der Waals surface area contributed by atoms with Gasteiger partial charge in [-0.1, -0.05) is 26.0 Å². The van der Waals surface area contributed by atoms with Crippen molar-refractivity contribution in [2.24, 2.45) is 0 Å². The molecule has 2 rings (SSSR count). The Kier molecular flexibility index (Phi) is 4.96. The second-order valence-electron chi connectivity index (χ2n) is 5.31. The highest BCUT2D eigenvalue weighted by Gasteiger charge is 2.08. The lowest BCUT2D eigenvalue weighted by atomic mass is 9.98. The third-order valence-corrected chi connectivity index (χ3v) is 3.69. The molecular weight excluding hydrogens is 282 g/mol. The van der Waals surface area contributed by atoms with Gasteiger partial charge in [-0.25, -0.2) is 0 Å². The lowest BCUT2D eigenvalue weighted by Crippen LogP contribution is -2.06. The van der Waals surface area contributed by atoms with Gasteiger partial charge in [0.05, 0.1) is 0 Å². The van der Waals surface area contributed by atoms with E-state index in [1.54, 1.807) is 6.08 Å². The molecule has 0 saturated carbocycles. The molecule has 4 nitrogen and oxygen atoms in total. The van der Waals surface area contributed by atoms with Gasteiger partial charge in [-0.3, -0.25) is 9.67 Å². The molecule has 1 N–H and O–H groups in total. The third kappa shape index (κ3) is 3.61. The van der Waals surface area contributed by atoms with Crippen LogP contribution in [-0.2, 0) is 13.2 Å². The first-order chi connectivity index (χ1) is 10.0. The van der Waals surface area contributed by atoms with E-state index < -0.39 is 0 Å². The highest BCUT2D eigenvalue weighted by Crippen LogP contribution is 2.23. The van der Waals surface area contributed by atoms with Crippen molar-refractivity contribution in [2.75, 3.05) is 0 Å². The van der Waals surface area contributed by atoms with Gasteiger partial charge >= 0.3 is 0 Å². The fraction of sp³-hybridized carbons (Fsp3) is 0.375. The summed E-state index contributed by atoms with van der Waals surface area (Å²) in [6, 6.07) is 6.19. The van der Waals surface area contributed by atoms with Crippen molar-refractivity contribution >= 4 is 12.2 Å². The number of allylic oxidation sites excluding steroid dienone is 1. The number of hydrogen-bond donors (Lipinski definition) is 1. The first-order valence-electron chi connectivity index (χ1n) is 7.01. The monoisotopic (exact) mass is 303 g/mol. The zero-order valence-corrected chi connectivity index (χ0v) is 13.5. The molecule has 1 heterocycles. The van der Waals surface area contributed by atoms with Crippen LogP contribution in [-0.4, -0.2) is 14.8 Å². The fourth-order valence-corrected chi connectivity index (χ4v) is 2.54. The number of benzene rings is 1. The fourth-order valence-electron chi connectivity index (χ4n) is 2.31. The van der Waals surface area contributed by atoms with E-state index in [2.05, 4.69) is 49.7 Å². The molecule has 0 radical (unpaired) electrons. The van der Waals surface area contributed by atoms with Crippen molar-refractivity contribution in [1.82, 2.24) is 14.8 Å². The van der Waals surface area contributed by atoms with E-state index in [0.717, 1.165) is 11.6 Å². The standard InChI is InChI=1S/C16H21N3OS/c1-5-8-19-15(17-18-16(19)21)10-20-13-6-7-14(11(2)3)12(4)9-13/h5-7,9,11H,1,8,10H2,2-4H3,(H,18,21). The van der Waals surface area contributed by atoms with Gasteiger partial charge < -0.3 is 4.74 Å². The molecule has 0 aliphatic heterocycles. The molecule has 0 fully saturated rings. The van der Waals surface area contributed by atoms with E-state index in [1.165, 1.54) is 11.1 Å². The van der Waals surface area contributed by atoms with Crippen LogP contribution in [0.25, 0.3) is 0 Å². The van der Waals surface area contributed by atoms with Gasteiger partial charge in [-0.05, 0) is 48.3 Å². The molecule has 0 aliphatic carbocycles. The summed E-state index contributed by atoms with van der Waals surface area (Å²) in [5.74, 6) is 2.13. The van der Waals surface area contributed by atoms with Crippen LogP contribution in [0.1, 0.15) is 36.7 Å². The number of aromatic nitrogens is 3. The van der Waals surface area contributed by atoms with Crippen LogP contribution in [0.4, 0.5) is 0 Å². The molecule has 0 unspecified atom stereocenters. The molecule has 112 valence electrons. The number of ether oxygens (including phenoxy) is 1. The summed E-state index contributed by atoms with van der Waals surface area (Å²) in [5, 5.41) is 6.97. The topological polar surface area (TPSA) is 42.8 Å². The first kappa shape index (κ1) is 15.5. The summed E-state index contributed by atoms with van der Waals surface area (Å²) < 4.78 is 8.28. The Hall–Kier alpha value is -1.88. The van der Waals surface area contributed by atoms with E-state index in [4.69, 9.17) is 17.0 Å². The number of nitrogens with zero attached hydrogens (tertiary/aromatic N) is 2. The first-order valence-corrected chi connectivity index (χ1v) is 7.42. The maximum absolute atomic E-state index is 5.82. The van der Waals surface area contributed by atoms with Gasteiger partial charge in [0.1, 0.15) is 12.4 Å². The minimum atomic E-state index is 0.376. The van der Waals surface area contributed by atoms with E-state index in [-0.39, 0.29) is 0 Å². The summed E-state index contributed by atoms with van der Waals surface area (Å²) >= 11 is 5.18. The van der Waals surface area contributed by atoms with Crippen molar-refractivity contribution in [1.29, 1.82) is 0 Å². The SMILES string of the molecule is C=CCn1c(COc2ccc(C(C)C)c(C)c2)n[nH]c1=S. The predicted molar refractivity (Wildman–Crippen MR) is 87.2 cm³/mol. The Morgan fingerprint density at radius 2 is 2.24 bits per heavy atom. The van der Waals surface area contributed by atoms with Gasteiger partial charge in [-0.2, -0.15) is 5.10 Å². The zero-order valence-electron chi connectivity index (χ0n) is 12.7. The lowest BCUT2D eigenvalue weighted by molar-refractivity contribution is 0.289. The van der Waals surface area contributed by atoms with E-state index in [1.807, 2.05) is 10.6 Å². The van der Waals surface area contributed by atoms with Crippen molar-refractivity contribution in [3.63, 3.8) is 0 Å². The molecule has 0 spiro atoms. The molecule has 1 aromatic carbocycles. The van der Waals surface area contributed by atoms with Crippen molar-refractivity contribution in [2.45, 2.75) is 39.8 Å². The normalized spacial score (nSPS) is 10.9. The second kappa shape index (κ2) is 6.72. The predicted octanol–water partition coefficient (Wildman–Crippen LogP) is 4.14. The molecular formula is C16H21N3OS. The zero-order chi connectivity index (χ0) is 15.4. The highest BCUT2D eigenvalue weighted by molar-refractivity contribution is 7.71. The van der Waals surface area contributed by atoms with Crippen LogP contribution < -0.4 is 4.74 Å². The third-order valence-electron chi connectivity index (χ3n) is 3.38. The maximum atomic E-state index is 5.82. The molecule has 2 aromatic rings. The molecule has 0 bridgehead atoms. The van der Waals surface area contributed by atoms with Crippen LogP contribution in [0.2, 0.25) is 0 Å². The largest absolute Gasteiger partial charge is 0.486 e. The molecule has 0 amide bonds. The molecule has 1 aromatic heterocycles. The molecule has 5 heteroatoms. The number of rotatable bonds is 6. The Balaban J connectivity index is 2.12. The van der Waals surface area contributed by atoms with E-state index in [0.29, 0.717) is 23.8 Å². The summed E-state index contributed by atoms with van der Waals surface area (Å²) in [6.07, 6.45) is 1.79. The van der Waals surface area contributed by atoms with Gasteiger partial charge in [0.25, 0.3) is 0 Å². The minimum absolute atomic E-state index is 0.376. The molecule has 0 saturated heterocycles. The maximum Gasteiger partial charge on any atom is 0.195 e. The number of H-pyrrole nitrogens is 1. The summed E-state index contributed by atoms with van der Waals surface area (Å²) in [6.45, 7) is 11.2. The van der Waals surface area contributed by atoms with Crippen molar-refractivity contribution in [3.05, 3.63) is 52.6 Å². The van der Waals surface area contributed by atoms with Crippen LogP contribution in [0.15, 0.2) is 30.9 Å². The summed E-state index contributed by atoms with van der Waals surface area (Å²) in [7, 11) is 0. The molecule has 0 atom stereocenters. The van der Waals surface area contributed by atoms with E-state index in [9.17, 15) is 0 Å². The average Bonchev–Trinajstić information content (AvgIpc) is 2.78. The second-order valence-corrected chi connectivity index (χ2v) is 5.69. The van der Waals surface area contributed by atoms with Gasteiger partial charge in [0.15, 0.2) is 10.6 Å². The molecule has 0 aliphatic rings. The molecule has 21 heavy (non-hydrogen) atoms. The van der Waals surface area contributed by atoms with Crippen LogP contribution in [0, 0.1) is 11.7 Å². The minimum Gasteiger partial charge on any atom is -0.486 e. The Bertz CT molecular complexity index is 685. The van der Waals surface area contributed by atoms with Crippen molar-refractivity contribution in [3.8, 4) is 5.75 Å². The Labute approximate surface area is 130 Å². The van der Waals surface area contributed by atoms with Crippen LogP contribution >= 0.6 is 12.2 Å². The lowest BCUT2D eigenvalue weighted by Gasteiger charge is -2.12. The Morgan fingerprint density at radius 3 is 2.86 bits per heavy atom. The Morgan fingerprint density at radius 1 is 1.48 bits per heavy atom. The quantitative estimate of drug-likeness (QED) is 0.644. The van der Waals surface area contributed by atoms with Crippen LogP contribution in [0.5, 0.6) is 5.75 Å². The summed E-state index contributed by atoms with van der Waals surface area (Å²) in [5.41, 5.74) is 2.59. The number of aryl methyl sites for hydroxylation is 1. The summed E-state index contributed by atoms with van der Waals surface area (Å²) in [4.78, 5) is 0. The van der Waals surface area contributed by atoms with Crippen LogP contribution in [0.3, 0.4) is 0 Å². The number of nitrogens with one attached hydrogen (secondary N) is 1. The average molecular weight is 303 g/mol. The highest BCUT2D eigenvalue weighted by atomic mass is 32.1. The van der Waals surface area contributed by atoms with Gasteiger partial charge in [0, 0.05) is 6.54 Å². The smallest absolute Gasteiger partial charge is 0.195 e.